The summed E-state index contributed by atoms with van der Waals surface area (Å²) in [6, 6.07) is 67.3. The summed E-state index contributed by atoms with van der Waals surface area (Å²) in [5, 5.41) is 4.64. The van der Waals surface area contributed by atoms with Crippen molar-refractivity contribution in [2.45, 2.75) is 26.2 Å². The van der Waals surface area contributed by atoms with Crippen LogP contribution in [-0.4, -0.2) is 0 Å². The highest BCUT2D eigenvalue weighted by molar-refractivity contribution is 6.07. The molecule has 0 saturated carbocycles. The topological polar surface area (TPSA) is 19.6 Å². The van der Waals surface area contributed by atoms with E-state index in [0.717, 1.165) is 67.2 Å². The highest BCUT2D eigenvalue weighted by atomic mass is 16.3. The molecular formula is C50H40N2O. The fourth-order valence-electron chi connectivity index (χ4n) is 7.48. The minimum Gasteiger partial charge on any atom is -0.456 e. The van der Waals surface area contributed by atoms with Gasteiger partial charge in [-0.1, -0.05) is 136 Å². The number of para-hydroxylation sites is 3. The number of furan rings is 1. The summed E-state index contributed by atoms with van der Waals surface area (Å²) >= 11 is 0. The van der Waals surface area contributed by atoms with Crippen LogP contribution in [0.15, 0.2) is 192 Å². The van der Waals surface area contributed by atoms with Crippen molar-refractivity contribution in [1.82, 2.24) is 0 Å². The summed E-state index contributed by atoms with van der Waals surface area (Å²) < 4.78 is 6.49. The Morgan fingerprint density at radius 3 is 1.55 bits per heavy atom. The Balaban J connectivity index is 1.39. The lowest BCUT2D eigenvalue weighted by Crippen LogP contribution is -2.19. The molecule has 1 aromatic heterocycles. The first kappa shape index (κ1) is 32.3. The molecule has 0 atom stereocenters. The fraction of sp³-hybridized carbons (Fsp3) is 0.0800. The molecule has 9 aromatic rings. The average molecular weight is 685 g/mol. The summed E-state index contributed by atoms with van der Waals surface area (Å²) in [7, 11) is 0. The van der Waals surface area contributed by atoms with Gasteiger partial charge in [0, 0.05) is 45.2 Å². The van der Waals surface area contributed by atoms with Crippen LogP contribution >= 0.6 is 0 Å². The van der Waals surface area contributed by atoms with E-state index in [2.05, 4.69) is 206 Å². The third-order valence-electron chi connectivity index (χ3n) is 10.1. The van der Waals surface area contributed by atoms with Crippen LogP contribution in [0.5, 0.6) is 0 Å². The van der Waals surface area contributed by atoms with Gasteiger partial charge in [-0.25, -0.2) is 0 Å². The molecule has 3 nitrogen and oxygen atoms in total. The van der Waals surface area contributed by atoms with Crippen molar-refractivity contribution >= 4 is 66.8 Å². The maximum Gasteiger partial charge on any atom is 0.137 e. The largest absolute Gasteiger partial charge is 0.456 e. The Morgan fingerprint density at radius 2 is 0.906 bits per heavy atom. The van der Waals surface area contributed by atoms with E-state index in [0.29, 0.717) is 0 Å². The maximum absolute atomic E-state index is 6.49. The summed E-state index contributed by atoms with van der Waals surface area (Å²) in [5.41, 5.74) is 11.5. The number of hydrogen-bond acceptors (Lipinski definition) is 3. The van der Waals surface area contributed by atoms with Gasteiger partial charge in [0.1, 0.15) is 11.2 Å². The van der Waals surface area contributed by atoms with Crippen molar-refractivity contribution in [3.63, 3.8) is 0 Å². The van der Waals surface area contributed by atoms with Crippen molar-refractivity contribution in [1.29, 1.82) is 0 Å². The zero-order valence-corrected chi connectivity index (χ0v) is 30.2. The third-order valence-corrected chi connectivity index (χ3v) is 10.1. The van der Waals surface area contributed by atoms with E-state index >= 15 is 0 Å². The molecule has 0 N–H and O–H groups in total. The van der Waals surface area contributed by atoms with Crippen LogP contribution in [0.25, 0.3) is 43.8 Å². The molecule has 0 aliphatic carbocycles. The summed E-state index contributed by atoms with van der Waals surface area (Å²) in [4.78, 5) is 4.83. The monoisotopic (exact) mass is 684 g/mol. The van der Waals surface area contributed by atoms with E-state index in [9.17, 15) is 0 Å². The lowest BCUT2D eigenvalue weighted by Gasteiger charge is -2.35. The van der Waals surface area contributed by atoms with Gasteiger partial charge in [-0.3, -0.25) is 0 Å². The van der Waals surface area contributed by atoms with Crippen molar-refractivity contribution in [2.75, 3.05) is 9.80 Å². The highest BCUT2D eigenvalue weighted by Gasteiger charge is 2.28. The van der Waals surface area contributed by atoms with Gasteiger partial charge in [-0.05, 0) is 94.0 Å². The number of rotatable bonds is 7. The Hall–Kier alpha value is -6.58. The Morgan fingerprint density at radius 1 is 0.396 bits per heavy atom. The molecule has 0 aliphatic rings. The van der Waals surface area contributed by atoms with Crippen molar-refractivity contribution in [2.24, 2.45) is 0 Å². The van der Waals surface area contributed by atoms with Gasteiger partial charge in [0.15, 0.2) is 0 Å². The number of fused-ring (bicyclic) bond motifs is 4. The van der Waals surface area contributed by atoms with Gasteiger partial charge in [0.05, 0.1) is 11.4 Å². The zero-order chi connectivity index (χ0) is 35.9. The second-order valence-electron chi connectivity index (χ2n) is 14.7. The molecule has 256 valence electrons. The molecular weight excluding hydrogens is 645 g/mol. The molecule has 8 aromatic carbocycles. The van der Waals surface area contributed by atoms with E-state index in [4.69, 9.17) is 4.42 Å². The van der Waals surface area contributed by atoms with Gasteiger partial charge in [-0.2, -0.15) is 0 Å². The molecule has 0 bridgehead atoms. The van der Waals surface area contributed by atoms with Crippen LogP contribution in [0.1, 0.15) is 26.3 Å². The van der Waals surface area contributed by atoms with E-state index in [-0.39, 0.29) is 5.41 Å². The van der Waals surface area contributed by atoms with Gasteiger partial charge in [0.25, 0.3) is 0 Å². The van der Waals surface area contributed by atoms with E-state index in [1.165, 1.54) is 16.3 Å². The van der Waals surface area contributed by atoms with E-state index in [1.54, 1.807) is 0 Å². The fourth-order valence-corrected chi connectivity index (χ4v) is 7.48. The lowest BCUT2D eigenvalue weighted by molar-refractivity contribution is 0.590. The normalized spacial score (nSPS) is 11.7. The molecule has 1 heterocycles. The SMILES string of the molecule is CC(C)(C)c1cc(N(c2ccccc2)c2ccc3ccccc3c2)c(-c2ccccc2)c(N(c2ccccc2)c2ccc3c(c2)oc2ccccc23)c1. The molecule has 9 rings (SSSR count). The quantitative estimate of drug-likeness (QED) is 0.167. The summed E-state index contributed by atoms with van der Waals surface area (Å²) in [6.45, 7) is 6.90. The number of hydrogen-bond donors (Lipinski definition) is 0. The van der Waals surface area contributed by atoms with E-state index in [1.807, 2.05) is 12.1 Å². The second kappa shape index (κ2) is 13.2. The van der Waals surface area contributed by atoms with Crippen molar-refractivity contribution in [3.05, 3.63) is 194 Å². The van der Waals surface area contributed by atoms with Gasteiger partial charge in [0.2, 0.25) is 0 Å². The highest BCUT2D eigenvalue weighted by Crippen LogP contribution is 2.51. The lowest BCUT2D eigenvalue weighted by atomic mass is 9.84. The number of anilines is 6. The first-order valence-electron chi connectivity index (χ1n) is 18.3. The molecule has 0 spiro atoms. The molecule has 0 amide bonds. The van der Waals surface area contributed by atoms with E-state index < -0.39 is 0 Å². The van der Waals surface area contributed by atoms with Gasteiger partial charge >= 0.3 is 0 Å². The van der Waals surface area contributed by atoms with Gasteiger partial charge in [-0.15, -0.1) is 0 Å². The van der Waals surface area contributed by atoms with Crippen LogP contribution in [0.4, 0.5) is 34.1 Å². The summed E-state index contributed by atoms with van der Waals surface area (Å²) in [6.07, 6.45) is 0. The minimum absolute atomic E-state index is 0.157. The molecule has 53 heavy (non-hydrogen) atoms. The smallest absolute Gasteiger partial charge is 0.137 e. The molecule has 3 heteroatoms. The molecule has 0 unspecified atom stereocenters. The molecule has 0 saturated heterocycles. The third kappa shape index (κ3) is 6.00. The van der Waals surface area contributed by atoms with Crippen molar-refractivity contribution < 1.29 is 4.42 Å². The Labute approximate surface area is 311 Å². The predicted molar refractivity (Wildman–Crippen MR) is 225 cm³/mol. The van der Waals surface area contributed by atoms with Crippen LogP contribution in [-0.2, 0) is 5.41 Å². The van der Waals surface area contributed by atoms with Gasteiger partial charge < -0.3 is 14.2 Å². The van der Waals surface area contributed by atoms with Crippen LogP contribution in [0.3, 0.4) is 0 Å². The Bertz CT molecular complexity index is 2710. The standard InChI is InChI=1S/C50H40N2O/c1-50(2,3)38-32-45(51(39-21-9-5-10-22-39)41-28-27-35-17-13-14-20-37(35)31-41)49(36-18-7-4-8-19-36)46(33-38)52(40-23-11-6-12-24-40)42-29-30-44-43-25-15-16-26-47(43)53-48(44)34-42/h4-34H,1-3H3. The van der Waals surface area contributed by atoms with Crippen molar-refractivity contribution in [3.8, 4) is 11.1 Å². The predicted octanol–water partition coefficient (Wildman–Crippen LogP) is 14.6. The Kier molecular flexibility index (Phi) is 8.05. The van der Waals surface area contributed by atoms with Crippen LogP contribution in [0, 0.1) is 0 Å². The first-order valence-corrected chi connectivity index (χ1v) is 18.3. The zero-order valence-electron chi connectivity index (χ0n) is 30.2. The molecule has 0 fully saturated rings. The first-order chi connectivity index (χ1) is 25.9. The average Bonchev–Trinajstić information content (AvgIpc) is 3.57. The maximum atomic E-state index is 6.49. The second-order valence-corrected chi connectivity index (χ2v) is 14.7. The summed E-state index contributed by atoms with van der Waals surface area (Å²) in [5.74, 6) is 0. The number of benzene rings is 8. The van der Waals surface area contributed by atoms with Crippen LogP contribution in [0.2, 0.25) is 0 Å². The van der Waals surface area contributed by atoms with Crippen LogP contribution < -0.4 is 9.80 Å². The minimum atomic E-state index is -0.157. The molecule has 0 aliphatic heterocycles. The molecule has 0 radical (unpaired) electrons. The number of nitrogens with zero attached hydrogens (tertiary/aromatic N) is 2.